The molecule has 1 nitrogen and oxygen atoms in total. The van der Waals surface area contributed by atoms with Crippen molar-refractivity contribution in [3.05, 3.63) is 34.6 Å². The summed E-state index contributed by atoms with van der Waals surface area (Å²) in [5.41, 5.74) is 2.95. The fourth-order valence-electron chi connectivity index (χ4n) is 2.12. The number of nitrogens with one attached hydrogen (secondary N) is 1. The molecule has 1 atom stereocenters. The van der Waals surface area contributed by atoms with Crippen molar-refractivity contribution in [3.8, 4) is 0 Å². The van der Waals surface area contributed by atoms with Crippen molar-refractivity contribution >= 4 is 0 Å². The van der Waals surface area contributed by atoms with Gasteiger partial charge in [0.1, 0.15) is 5.82 Å². The molecule has 1 aromatic rings. The van der Waals surface area contributed by atoms with E-state index >= 15 is 0 Å². The van der Waals surface area contributed by atoms with E-state index in [9.17, 15) is 4.39 Å². The van der Waals surface area contributed by atoms with Crippen LogP contribution in [0.2, 0.25) is 0 Å². The van der Waals surface area contributed by atoms with Gasteiger partial charge in [0.15, 0.2) is 0 Å². The molecule has 2 heteroatoms. The van der Waals surface area contributed by atoms with E-state index in [0.717, 1.165) is 42.5 Å². The third kappa shape index (κ3) is 4.47. The molecule has 0 saturated carbocycles. The quantitative estimate of drug-likeness (QED) is 0.794. The van der Waals surface area contributed by atoms with Gasteiger partial charge in [0.25, 0.3) is 0 Å². The Kier molecular flexibility index (Phi) is 5.63. The largest absolute Gasteiger partial charge is 0.314 e. The first-order valence-corrected chi connectivity index (χ1v) is 6.53. The van der Waals surface area contributed by atoms with Gasteiger partial charge in [0.2, 0.25) is 0 Å². The van der Waals surface area contributed by atoms with Gasteiger partial charge in [0.05, 0.1) is 0 Å². The topological polar surface area (TPSA) is 12.0 Å². The lowest BCUT2D eigenvalue weighted by Gasteiger charge is -2.14. The Bertz CT molecular complexity index is 337. The minimum Gasteiger partial charge on any atom is -0.314 e. The summed E-state index contributed by atoms with van der Waals surface area (Å²) in [5, 5.41) is 3.43. The van der Waals surface area contributed by atoms with Crippen molar-refractivity contribution in [2.75, 3.05) is 6.54 Å². The number of hydrogen-bond acceptors (Lipinski definition) is 1. The molecule has 1 aromatic carbocycles. The minimum absolute atomic E-state index is 0.0507. The van der Waals surface area contributed by atoms with Crippen LogP contribution in [0, 0.1) is 19.7 Å². The van der Waals surface area contributed by atoms with Crippen LogP contribution in [0.3, 0.4) is 0 Å². The molecule has 0 aliphatic carbocycles. The van der Waals surface area contributed by atoms with Crippen LogP contribution in [0.1, 0.15) is 43.4 Å². The molecule has 1 rings (SSSR count). The average molecular weight is 237 g/mol. The number of benzene rings is 1. The number of hydrogen-bond donors (Lipinski definition) is 1. The molecule has 0 saturated heterocycles. The zero-order valence-electron chi connectivity index (χ0n) is 11.4. The molecular weight excluding hydrogens is 213 g/mol. The lowest BCUT2D eigenvalue weighted by molar-refractivity contribution is 0.505. The summed E-state index contributed by atoms with van der Waals surface area (Å²) in [7, 11) is 0. The predicted molar refractivity (Wildman–Crippen MR) is 72.0 cm³/mol. The van der Waals surface area contributed by atoms with Crippen molar-refractivity contribution < 1.29 is 4.39 Å². The molecule has 0 amide bonds. The molecule has 0 aliphatic rings. The molecule has 0 fully saturated rings. The molecule has 0 heterocycles. The van der Waals surface area contributed by atoms with Gasteiger partial charge in [0, 0.05) is 6.04 Å². The first-order valence-electron chi connectivity index (χ1n) is 6.53. The van der Waals surface area contributed by atoms with Gasteiger partial charge in [-0.1, -0.05) is 13.0 Å². The van der Waals surface area contributed by atoms with E-state index in [4.69, 9.17) is 0 Å². The molecule has 0 aliphatic heterocycles. The second kappa shape index (κ2) is 6.75. The zero-order valence-corrected chi connectivity index (χ0v) is 11.4. The van der Waals surface area contributed by atoms with Crippen LogP contribution in [0.25, 0.3) is 0 Å². The Morgan fingerprint density at radius 3 is 2.59 bits per heavy atom. The van der Waals surface area contributed by atoms with Gasteiger partial charge in [-0.3, -0.25) is 0 Å². The normalized spacial score (nSPS) is 12.8. The Balaban J connectivity index is 2.57. The highest BCUT2D eigenvalue weighted by atomic mass is 19.1. The third-order valence-corrected chi connectivity index (χ3v) is 3.13. The maximum absolute atomic E-state index is 13.8. The monoisotopic (exact) mass is 237 g/mol. The lowest BCUT2D eigenvalue weighted by atomic mass is 9.99. The van der Waals surface area contributed by atoms with Crippen molar-refractivity contribution in [3.63, 3.8) is 0 Å². The zero-order chi connectivity index (χ0) is 12.8. The fourth-order valence-corrected chi connectivity index (χ4v) is 2.12. The molecule has 0 spiro atoms. The summed E-state index contributed by atoms with van der Waals surface area (Å²) < 4.78 is 13.8. The van der Waals surface area contributed by atoms with E-state index in [-0.39, 0.29) is 5.82 Å². The summed E-state index contributed by atoms with van der Waals surface area (Å²) in [4.78, 5) is 0. The fraction of sp³-hybridized carbons (Fsp3) is 0.600. The molecule has 0 aromatic heterocycles. The molecule has 0 radical (unpaired) electrons. The van der Waals surface area contributed by atoms with Crippen LogP contribution in [0.5, 0.6) is 0 Å². The summed E-state index contributed by atoms with van der Waals surface area (Å²) >= 11 is 0. The van der Waals surface area contributed by atoms with Crippen LogP contribution >= 0.6 is 0 Å². The predicted octanol–water partition coefficient (Wildman–Crippen LogP) is 3.76. The summed E-state index contributed by atoms with van der Waals surface area (Å²) in [6, 6.07) is 4.14. The minimum atomic E-state index is -0.0507. The molecular formula is C15H24FN. The first kappa shape index (κ1) is 14.2. The van der Waals surface area contributed by atoms with Crippen molar-refractivity contribution in [1.82, 2.24) is 5.32 Å². The standard InChI is InChI=1S/C15H24FN/c1-5-8-17-13(4)6-7-14-12(3)9-11(2)10-15(14)16/h9-10,13,17H,5-8H2,1-4H3. The first-order chi connectivity index (χ1) is 8.04. The number of rotatable bonds is 6. The van der Waals surface area contributed by atoms with Crippen LogP contribution in [0.15, 0.2) is 12.1 Å². The Hall–Kier alpha value is -0.890. The Labute approximate surface area is 104 Å². The summed E-state index contributed by atoms with van der Waals surface area (Å²) in [6.45, 7) is 9.29. The van der Waals surface area contributed by atoms with Crippen molar-refractivity contribution in [1.29, 1.82) is 0 Å². The molecule has 0 bridgehead atoms. The van der Waals surface area contributed by atoms with Crippen LogP contribution in [-0.4, -0.2) is 12.6 Å². The highest BCUT2D eigenvalue weighted by Crippen LogP contribution is 2.17. The second-order valence-corrected chi connectivity index (χ2v) is 4.94. The summed E-state index contributed by atoms with van der Waals surface area (Å²) in [6.07, 6.45) is 2.94. The molecule has 1 unspecified atom stereocenters. The van der Waals surface area contributed by atoms with E-state index in [1.165, 1.54) is 0 Å². The SMILES string of the molecule is CCCNC(C)CCc1c(C)cc(C)cc1F. The van der Waals surface area contributed by atoms with Crippen molar-refractivity contribution in [2.45, 2.75) is 53.0 Å². The maximum atomic E-state index is 13.8. The van der Waals surface area contributed by atoms with Crippen LogP contribution in [0.4, 0.5) is 4.39 Å². The Morgan fingerprint density at radius 2 is 2.00 bits per heavy atom. The van der Waals surface area contributed by atoms with E-state index in [1.807, 2.05) is 13.8 Å². The molecule has 17 heavy (non-hydrogen) atoms. The third-order valence-electron chi connectivity index (χ3n) is 3.13. The van der Waals surface area contributed by atoms with Crippen molar-refractivity contribution in [2.24, 2.45) is 0 Å². The van der Waals surface area contributed by atoms with Gasteiger partial charge in [-0.05, 0) is 69.3 Å². The van der Waals surface area contributed by atoms with Gasteiger partial charge in [-0.2, -0.15) is 0 Å². The highest BCUT2D eigenvalue weighted by molar-refractivity contribution is 5.32. The van der Waals surface area contributed by atoms with E-state index in [1.54, 1.807) is 6.07 Å². The van der Waals surface area contributed by atoms with Gasteiger partial charge in [-0.15, -0.1) is 0 Å². The van der Waals surface area contributed by atoms with E-state index in [0.29, 0.717) is 6.04 Å². The van der Waals surface area contributed by atoms with Gasteiger partial charge >= 0.3 is 0 Å². The second-order valence-electron chi connectivity index (χ2n) is 4.94. The molecule has 1 N–H and O–H groups in total. The lowest BCUT2D eigenvalue weighted by Crippen LogP contribution is -2.27. The van der Waals surface area contributed by atoms with E-state index < -0.39 is 0 Å². The van der Waals surface area contributed by atoms with Crippen LogP contribution in [-0.2, 0) is 6.42 Å². The van der Waals surface area contributed by atoms with Gasteiger partial charge in [-0.25, -0.2) is 4.39 Å². The molecule has 96 valence electrons. The number of aryl methyl sites for hydroxylation is 2. The highest BCUT2D eigenvalue weighted by Gasteiger charge is 2.08. The number of halogens is 1. The smallest absolute Gasteiger partial charge is 0.126 e. The maximum Gasteiger partial charge on any atom is 0.126 e. The van der Waals surface area contributed by atoms with Gasteiger partial charge < -0.3 is 5.32 Å². The average Bonchev–Trinajstić information content (AvgIpc) is 2.24. The summed E-state index contributed by atoms with van der Waals surface area (Å²) in [5.74, 6) is -0.0507. The Morgan fingerprint density at radius 1 is 1.29 bits per heavy atom. The van der Waals surface area contributed by atoms with E-state index in [2.05, 4.69) is 25.2 Å². The van der Waals surface area contributed by atoms with Crippen LogP contribution < -0.4 is 5.32 Å².